The Morgan fingerprint density at radius 1 is 1.00 bits per heavy atom. The Kier molecular flexibility index (Phi) is 4.47. The fourth-order valence-corrected chi connectivity index (χ4v) is 2.74. The van der Waals surface area contributed by atoms with Crippen LogP contribution in [0.3, 0.4) is 0 Å². The van der Waals surface area contributed by atoms with Crippen LogP contribution >= 0.6 is 0 Å². The monoisotopic (exact) mass is 374 g/mol. The van der Waals surface area contributed by atoms with Crippen molar-refractivity contribution in [2.75, 3.05) is 21.7 Å². The third kappa shape index (κ3) is 3.68. The van der Waals surface area contributed by atoms with Crippen LogP contribution < -0.4 is 21.7 Å². The van der Waals surface area contributed by atoms with E-state index >= 15 is 0 Å². The Hall–Kier alpha value is -4.14. The molecule has 0 aliphatic carbocycles. The summed E-state index contributed by atoms with van der Waals surface area (Å²) >= 11 is 0. The molecule has 0 saturated carbocycles. The van der Waals surface area contributed by atoms with Gasteiger partial charge in [-0.25, -0.2) is 9.97 Å². The van der Waals surface area contributed by atoms with Gasteiger partial charge in [0.1, 0.15) is 11.6 Å². The van der Waals surface area contributed by atoms with Gasteiger partial charge in [0.25, 0.3) is 0 Å². The number of carbonyl (C=O) groups excluding carboxylic acids is 1. The molecule has 5 N–H and O–H groups in total. The van der Waals surface area contributed by atoms with Gasteiger partial charge in [0, 0.05) is 30.6 Å². The SMILES string of the molecule is CC(=O)Nc1cccc(Nc2cc(Nc3ccccn3)c3ncc(N)n3n2)c1. The Balaban J connectivity index is 1.69. The Labute approximate surface area is 160 Å². The summed E-state index contributed by atoms with van der Waals surface area (Å²) < 4.78 is 1.55. The Bertz CT molecular complexity index is 1140. The van der Waals surface area contributed by atoms with Crippen molar-refractivity contribution in [3.05, 3.63) is 60.9 Å². The van der Waals surface area contributed by atoms with E-state index in [-0.39, 0.29) is 5.91 Å². The molecule has 140 valence electrons. The van der Waals surface area contributed by atoms with Crippen LogP contribution in [0.4, 0.5) is 34.5 Å². The summed E-state index contributed by atoms with van der Waals surface area (Å²) in [5.74, 6) is 1.51. The lowest BCUT2D eigenvalue weighted by Crippen LogP contribution is -2.07. The second kappa shape index (κ2) is 7.23. The number of pyridine rings is 1. The molecule has 0 aliphatic heterocycles. The number of benzene rings is 1. The molecular weight excluding hydrogens is 356 g/mol. The molecule has 0 unspecified atom stereocenters. The Morgan fingerprint density at radius 3 is 2.64 bits per heavy atom. The maximum atomic E-state index is 11.3. The number of nitrogen functional groups attached to an aromatic ring is 1. The van der Waals surface area contributed by atoms with Crippen molar-refractivity contribution in [2.45, 2.75) is 6.92 Å². The van der Waals surface area contributed by atoms with E-state index in [0.29, 0.717) is 34.5 Å². The molecule has 0 saturated heterocycles. The molecule has 0 aliphatic rings. The number of imidazole rings is 1. The van der Waals surface area contributed by atoms with Gasteiger partial charge in [-0.3, -0.25) is 4.79 Å². The van der Waals surface area contributed by atoms with E-state index in [1.165, 1.54) is 6.92 Å². The van der Waals surface area contributed by atoms with E-state index in [1.807, 2.05) is 48.5 Å². The van der Waals surface area contributed by atoms with Gasteiger partial charge in [-0.1, -0.05) is 12.1 Å². The van der Waals surface area contributed by atoms with E-state index in [1.54, 1.807) is 16.9 Å². The molecule has 4 rings (SSSR count). The van der Waals surface area contributed by atoms with Crippen molar-refractivity contribution in [1.29, 1.82) is 0 Å². The fraction of sp³-hybridized carbons (Fsp3) is 0.0526. The molecule has 3 aromatic heterocycles. The lowest BCUT2D eigenvalue weighted by Gasteiger charge is -2.12. The lowest BCUT2D eigenvalue weighted by molar-refractivity contribution is -0.114. The van der Waals surface area contributed by atoms with Gasteiger partial charge >= 0.3 is 0 Å². The molecule has 9 nitrogen and oxygen atoms in total. The molecule has 0 spiro atoms. The van der Waals surface area contributed by atoms with Crippen molar-refractivity contribution in [2.24, 2.45) is 0 Å². The zero-order chi connectivity index (χ0) is 19.5. The minimum absolute atomic E-state index is 0.135. The summed E-state index contributed by atoms with van der Waals surface area (Å²) in [5.41, 5.74) is 8.73. The quantitative estimate of drug-likeness (QED) is 0.423. The van der Waals surface area contributed by atoms with Gasteiger partial charge in [-0.15, -0.1) is 5.10 Å². The first-order valence-corrected chi connectivity index (χ1v) is 8.55. The average molecular weight is 374 g/mol. The van der Waals surface area contributed by atoms with Gasteiger partial charge in [-0.05, 0) is 30.3 Å². The number of hydrogen-bond donors (Lipinski definition) is 4. The van der Waals surface area contributed by atoms with Crippen LogP contribution in [-0.2, 0) is 4.79 Å². The van der Waals surface area contributed by atoms with Gasteiger partial charge < -0.3 is 21.7 Å². The van der Waals surface area contributed by atoms with Crippen LogP contribution in [0.5, 0.6) is 0 Å². The highest BCUT2D eigenvalue weighted by Gasteiger charge is 2.11. The largest absolute Gasteiger partial charge is 0.382 e. The van der Waals surface area contributed by atoms with E-state index in [4.69, 9.17) is 5.73 Å². The summed E-state index contributed by atoms with van der Waals surface area (Å²) in [5, 5.41) is 13.7. The highest BCUT2D eigenvalue weighted by atomic mass is 16.1. The summed E-state index contributed by atoms with van der Waals surface area (Å²) in [4.78, 5) is 19.9. The molecule has 1 aromatic carbocycles. The number of nitrogens with zero attached hydrogens (tertiary/aromatic N) is 4. The number of aromatic nitrogens is 4. The van der Waals surface area contributed by atoms with Crippen LogP contribution in [0.25, 0.3) is 5.65 Å². The first-order valence-electron chi connectivity index (χ1n) is 8.55. The number of anilines is 6. The molecule has 0 bridgehead atoms. The zero-order valence-electron chi connectivity index (χ0n) is 15.0. The molecule has 9 heteroatoms. The number of fused-ring (bicyclic) bond motifs is 1. The fourth-order valence-electron chi connectivity index (χ4n) is 2.74. The van der Waals surface area contributed by atoms with Crippen molar-refractivity contribution in [3.63, 3.8) is 0 Å². The van der Waals surface area contributed by atoms with Gasteiger partial charge in [0.05, 0.1) is 11.9 Å². The normalized spacial score (nSPS) is 10.6. The topological polar surface area (TPSA) is 122 Å². The number of rotatable bonds is 5. The summed E-state index contributed by atoms with van der Waals surface area (Å²) in [7, 11) is 0. The van der Waals surface area contributed by atoms with Crippen LogP contribution in [0, 0.1) is 0 Å². The van der Waals surface area contributed by atoms with E-state index in [2.05, 4.69) is 31.0 Å². The second-order valence-electron chi connectivity index (χ2n) is 6.09. The minimum Gasteiger partial charge on any atom is -0.382 e. The first kappa shape index (κ1) is 17.3. The second-order valence-corrected chi connectivity index (χ2v) is 6.09. The highest BCUT2D eigenvalue weighted by molar-refractivity contribution is 5.89. The molecule has 3 heterocycles. The van der Waals surface area contributed by atoms with Crippen LogP contribution in [-0.4, -0.2) is 25.5 Å². The first-order chi connectivity index (χ1) is 13.6. The zero-order valence-corrected chi connectivity index (χ0v) is 15.0. The highest BCUT2D eigenvalue weighted by Crippen LogP contribution is 2.26. The molecular formula is C19H18N8O. The van der Waals surface area contributed by atoms with E-state index < -0.39 is 0 Å². The van der Waals surface area contributed by atoms with Crippen molar-refractivity contribution in [1.82, 2.24) is 19.6 Å². The maximum Gasteiger partial charge on any atom is 0.221 e. The minimum atomic E-state index is -0.135. The number of amides is 1. The lowest BCUT2D eigenvalue weighted by atomic mass is 10.2. The van der Waals surface area contributed by atoms with Gasteiger partial charge in [0.15, 0.2) is 11.5 Å². The predicted molar refractivity (Wildman–Crippen MR) is 109 cm³/mol. The van der Waals surface area contributed by atoms with E-state index in [9.17, 15) is 4.79 Å². The molecule has 0 atom stereocenters. The average Bonchev–Trinajstić information content (AvgIpc) is 3.04. The molecule has 1 amide bonds. The maximum absolute atomic E-state index is 11.3. The summed E-state index contributed by atoms with van der Waals surface area (Å²) in [6.07, 6.45) is 3.25. The smallest absolute Gasteiger partial charge is 0.221 e. The van der Waals surface area contributed by atoms with Crippen LogP contribution in [0.15, 0.2) is 60.9 Å². The third-order valence-electron chi connectivity index (χ3n) is 3.88. The molecule has 0 fully saturated rings. The predicted octanol–water partition coefficient (Wildman–Crippen LogP) is 3.15. The molecule has 4 aromatic rings. The van der Waals surface area contributed by atoms with Crippen molar-refractivity contribution >= 4 is 46.1 Å². The van der Waals surface area contributed by atoms with Gasteiger partial charge in [-0.2, -0.15) is 4.52 Å². The molecule has 0 radical (unpaired) electrons. The van der Waals surface area contributed by atoms with Crippen LogP contribution in [0.2, 0.25) is 0 Å². The van der Waals surface area contributed by atoms with Gasteiger partial charge in [0.2, 0.25) is 5.91 Å². The summed E-state index contributed by atoms with van der Waals surface area (Å²) in [6, 6.07) is 14.7. The Morgan fingerprint density at radius 2 is 1.86 bits per heavy atom. The summed E-state index contributed by atoms with van der Waals surface area (Å²) in [6.45, 7) is 1.47. The van der Waals surface area contributed by atoms with Crippen molar-refractivity contribution in [3.8, 4) is 0 Å². The molecule has 28 heavy (non-hydrogen) atoms. The number of nitrogens with two attached hydrogens (primary N) is 1. The van der Waals surface area contributed by atoms with Crippen LogP contribution in [0.1, 0.15) is 6.92 Å². The standard InChI is InChI=1S/C19H18N8O/c1-12(28)23-13-5-4-6-14(9-13)24-18-10-15(25-17-7-2-3-8-21-17)19-22-11-16(20)27(19)26-18/h2-11H,20H2,1H3,(H,21,25)(H,23,28)(H,24,26). The number of carbonyl (C=O) groups is 1. The van der Waals surface area contributed by atoms with Crippen molar-refractivity contribution < 1.29 is 4.79 Å². The van der Waals surface area contributed by atoms with E-state index in [0.717, 1.165) is 5.69 Å². The number of hydrogen-bond acceptors (Lipinski definition) is 7. The third-order valence-corrected chi connectivity index (χ3v) is 3.88. The number of nitrogens with one attached hydrogen (secondary N) is 3.